The highest BCUT2D eigenvalue weighted by molar-refractivity contribution is 7.92. The van der Waals surface area contributed by atoms with E-state index in [1.165, 1.54) is 13.0 Å². The maximum absolute atomic E-state index is 12.5. The van der Waals surface area contributed by atoms with E-state index in [4.69, 9.17) is 10.5 Å². The van der Waals surface area contributed by atoms with Gasteiger partial charge in [-0.05, 0) is 31.9 Å². The molecule has 0 aliphatic carbocycles. The molecule has 5 nitrogen and oxygen atoms in total. The lowest BCUT2D eigenvalue weighted by molar-refractivity contribution is 0.0857. The zero-order valence-electron chi connectivity index (χ0n) is 10.6. The van der Waals surface area contributed by atoms with Crippen LogP contribution in [0.4, 0.5) is 4.79 Å². The Morgan fingerprint density at radius 3 is 2.39 bits per heavy atom. The molecule has 1 aromatic rings. The molecule has 1 amide bonds. The van der Waals surface area contributed by atoms with Crippen LogP contribution >= 0.6 is 0 Å². The monoisotopic (exact) mass is 271 g/mol. The lowest BCUT2D eigenvalue weighted by Gasteiger charge is -2.27. The summed E-state index contributed by atoms with van der Waals surface area (Å²) in [7, 11) is -3.80. The van der Waals surface area contributed by atoms with Crippen LogP contribution in [0.15, 0.2) is 29.2 Å². The number of aryl methyl sites for hydroxylation is 1. The van der Waals surface area contributed by atoms with Crippen LogP contribution < -0.4 is 5.73 Å². The maximum atomic E-state index is 12.5. The zero-order chi connectivity index (χ0) is 14.0. The fourth-order valence-corrected chi connectivity index (χ4v) is 3.41. The summed E-state index contributed by atoms with van der Waals surface area (Å²) in [6.07, 6.45) is -0.983. The van der Waals surface area contributed by atoms with Crippen LogP contribution in [0.5, 0.6) is 0 Å². The number of primary amides is 1. The molecule has 100 valence electrons. The minimum atomic E-state index is -3.80. The molecule has 6 heteroatoms. The number of ether oxygens (including phenoxy) is 1. The van der Waals surface area contributed by atoms with Gasteiger partial charge in [0.05, 0.1) is 4.90 Å². The number of benzene rings is 1. The molecular weight excluding hydrogens is 254 g/mol. The molecule has 0 saturated carbocycles. The summed E-state index contributed by atoms with van der Waals surface area (Å²) in [5, 5.41) is 0. The third-order valence-electron chi connectivity index (χ3n) is 2.91. The van der Waals surface area contributed by atoms with Gasteiger partial charge in [0, 0.05) is 0 Å². The highest BCUT2D eigenvalue weighted by atomic mass is 32.2. The number of nitrogens with two attached hydrogens (primary N) is 1. The summed E-state index contributed by atoms with van der Waals surface area (Å²) in [4.78, 5) is 9.37. The van der Waals surface area contributed by atoms with Crippen LogP contribution in [0.3, 0.4) is 0 Å². The molecule has 1 atom stereocenters. The molecule has 1 rings (SSSR count). The lowest BCUT2D eigenvalue weighted by Crippen LogP contribution is -2.41. The highest BCUT2D eigenvalue weighted by Crippen LogP contribution is 2.31. The third-order valence-corrected chi connectivity index (χ3v) is 5.46. The molecular formula is C12H17NO4S. The number of carbonyl (C=O) groups is 1. The number of hydrogen-bond acceptors (Lipinski definition) is 4. The number of carbonyl (C=O) groups excluding carboxylic acids is 1. The quantitative estimate of drug-likeness (QED) is 0.907. The van der Waals surface area contributed by atoms with Gasteiger partial charge in [0.25, 0.3) is 0 Å². The van der Waals surface area contributed by atoms with Crippen molar-refractivity contribution >= 4 is 15.9 Å². The van der Waals surface area contributed by atoms with Crippen LogP contribution in [-0.4, -0.2) is 19.4 Å². The number of rotatable bonds is 4. The van der Waals surface area contributed by atoms with Crippen molar-refractivity contribution in [1.82, 2.24) is 0 Å². The predicted molar refractivity (Wildman–Crippen MR) is 67.7 cm³/mol. The van der Waals surface area contributed by atoms with E-state index in [2.05, 4.69) is 0 Å². The van der Waals surface area contributed by atoms with Crippen molar-refractivity contribution in [1.29, 1.82) is 0 Å². The van der Waals surface area contributed by atoms with E-state index in [1.807, 2.05) is 0 Å². The van der Waals surface area contributed by atoms with Crippen molar-refractivity contribution in [2.24, 2.45) is 5.73 Å². The van der Waals surface area contributed by atoms with Crippen molar-refractivity contribution in [3.8, 4) is 0 Å². The first-order chi connectivity index (χ1) is 8.24. The van der Waals surface area contributed by atoms with E-state index in [0.717, 1.165) is 0 Å². The minimum absolute atomic E-state index is 0.118. The Bertz CT molecular complexity index is 553. The Hall–Kier alpha value is -1.56. The summed E-state index contributed by atoms with van der Waals surface area (Å²) >= 11 is 0. The number of hydrogen-bond donors (Lipinski definition) is 1. The predicted octanol–water partition coefficient (Wildman–Crippen LogP) is 1.99. The molecule has 0 aromatic heterocycles. The van der Waals surface area contributed by atoms with E-state index < -0.39 is 20.9 Å². The molecule has 0 heterocycles. The second-order valence-corrected chi connectivity index (χ2v) is 6.49. The van der Waals surface area contributed by atoms with Crippen LogP contribution in [0.1, 0.15) is 25.8 Å². The average molecular weight is 271 g/mol. The van der Waals surface area contributed by atoms with Crippen molar-refractivity contribution in [2.45, 2.75) is 37.0 Å². The average Bonchev–Trinajstić information content (AvgIpc) is 2.28. The summed E-state index contributed by atoms with van der Waals surface area (Å²) in [6, 6.07) is 6.54. The summed E-state index contributed by atoms with van der Waals surface area (Å²) in [6.45, 7) is 4.66. The first-order valence-corrected chi connectivity index (χ1v) is 7.01. The summed E-state index contributed by atoms with van der Waals surface area (Å²) < 4.78 is 29.8. The lowest BCUT2D eigenvalue weighted by atomic mass is 10.2. The van der Waals surface area contributed by atoms with Gasteiger partial charge >= 0.3 is 6.09 Å². The van der Waals surface area contributed by atoms with E-state index in [0.29, 0.717) is 5.56 Å². The Morgan fingerprint density at radius 1 is 1.39 bits per heavy atom. The summed E-state index contributed by atoms with van der Waals surface area (Å²) in [5.74, 6) is 0. The second kappa shape index (κ2) is 4.97. The molecule has 1 aromatic carbocycles. The Kier molecular flexibility index (Phi) is 4.01. The van der Waals surface area contributed by atoms with Crippen molar-refractivity contribution in [3.05, 3.63) is 29.8 Å². The van der Waals surface area contributed by atoms with Gasteiger partial charge in [0.1, 0.15) is 0 Å². The van der Waals surface area contributed by atoms with Crippen LogP contribution in [-0.2, 0) is 14.6 Å². The van der Waals surface area contributed by atoms with Gasteiger partial charge in [-0.2, -0.15) is 0 Å². The Balaban J connectivity index is 3.36. The molecule has 0 spiro atoms. The molecule has 1 unspecified atom stereocenters. The van der Waals surface area contributed by atoms with E-state index >= 15 is 0 Å². The highest BCUT2D eigenvalue weighted by Gasteiger charge is 2.42. The molecule has 0 radical (unpaired) electrons. The van der Waals surface area contributed by atoms with E-state index in [-0.39, 0.29) is 11.3 Å². The van der Waals surface area contributed by atoms with Gasteiger partial charge in [-0.3, -0.25) is 0 Å². The zero-order valence-corrected chi connectivity index (χ0v) is 11.5. The molecule has 0 aliphatic rings. The van der Waals surface area contributed by atoms with Gasteiger partial charge in [0.15, 0.2) is 0 Å². The first-order valence-electron chi connectivity index (χ1n) is 5.53. The fourth-order valence-electron chi connectivity index (χ4n) is 1.62. The molecule has 0 aliphatic heterocycles. The van der Waals surface area contributed by atoms with Gasteiger partial charge in [-0.15, -0.1) is 0 Å². The van der Waals surface area contributed by atoms with Crippen LogP contribution in [0, 0.1) is 6.92 Å². The van der Waals surface area contributed by atoms with Gasteiger partial charge in [0.2, 0.25) is 14.8 Å². The number of amides is 1. The van der Waals surface area contributed by atoms with Crippen molar-refractivity contribution in [2.75, 3.05) is 0 Å². The largest absolute Gasteiger partial charge is 0.427 e. The fraction of sp³-hybridized carbons (Fsp3) is 0.417. The van der Waals surface area contributed by atoms with Gasteiger partial charge in [-0.25, -0.2) is 13.2 Å². The second-order valence-electron chi connectivity index (χ2n) is 4.18. The topological polar surface area (TPSA) is 86.5 Å². The van der Waals surface area contributed by atoms with Gasteiger partial charge in [-0.1, -0.05) is 25.1 Å². The SMILES string of the molecule is CCC(C)(OC(N)=O)S(=O)(=O)c1ccccc1C. The smallest absolute Gasteiger partial charge is 0.406 e. The molecule has 2 N–H and O–H groups in total. The number of sulfone groups is 1. The molecule has 0 fully saturated rings. The van der Waals surface area contributed by atoms with E-state index in [1.54, 1.807) is 32.0 Å². The van der Waals surface area contributed by atoms with Crippen LogP contribution in [0.25, 0.3) is 0 Å². The van der Waals surface area contributed by atoms with Crippen LogP contribution in [0.2, 0.25) is 0 Å². The Labute approximate surface area is 107 Å². The molecule has 0 saturated heterocycles. The van der Waals surface area contributed by atoms with Gasteiger partial charge < -0.3 is 10.5 Å². The maximum Gasteiger partial charge on any atom is 0.406 e. The molecule has 0 bridgehead atoms. The van der Waals surface area contributed by atoms with Crippen molar-refractivity contribution in [3.63, 3.8) is 0 Å². The van der Waals surface area contributed by atoms with Crippen molar-refractivity contribution < 1.29 is 17.9 Å². The minimum Gasteiger partial charge on any atom is -0.427 e. The standard InChI is InChI=1S/C12H17NO4S/c1-4-12(3,17-11(13)14)18(15,16)10-8-6-5-7-9(10)2/h5-8H,4H2,1-3H3,(H2,13,14). The molecule has 18 heavy (non-hydrogen) atoms. The Morgan fingerprint density at radius 2 is 1.94 bits per heavy atom. The normalized spacial score (nSPS) is 14.8. The van der Waals surface area contributed by atoms with E-state index in [9.17, 15) is 13.2 Å². The first kappa shape index (κ1) is 14.5. The third kappa shape index (κ3) is 2.48. The summed E-state index contributed by atoms with van der Waals surface area (Å²) in [5.41, 5.74) is 5.54.